The summed E-state index contributed by atoms with van der Waals surface area (Å²) in [5.41, 5.74) is 1.25. The molecule has 1 nitrogen and oxygen atoms in total. The van der Waals surface area contributed by atoms with Gasteiger partial charge in [-0.2, -0.15) is 0 Å². The first-order valence-electron chi connectivity index (χ1n) is 7.72. The second-order valence-electron chi connectivity index (χ2n) is 6.11. The zero-order valence-corrected chi connectivity index (χ0v) is 14.0. The molecule has 1 aliphatic carbocycles. The normalized spacial score (nSPS) is 26.7. The molecule has 3 unspecified atom stereocenters. The Kier molecular flexibility index (Phi) is 6.20. The van der Waals surface area contributed by atoms with Crippen molar-refractivity contribution in [2.75, 3.05) is 13.6 Å². The fourth-order valence-electron chi connectivity index (χ4n) is 3.55. The summed E-state index contributed by atoms with van der Waals surface area (Å²) in [6.45, 7) is 3.43. The topological polar surface area (TPSA) is 12.0 Å². The van der Waals surface area contributed by atoms with Crippen molar-refractivity contribution in [2.45, 2.75) is 39.0 Å². The van der Waals surface area contributed by atoms with Gasteiger partial charge >= 0.3 is 0 Å². The molecule has 0 aliphatic heterocycles. The molecule has 3 atom stereocenters. The standard InChI is InChI=1S/C17H25Cl2N/c1-3-12-4-5-14(11-20-2)15(8-12)9-13-6-7-16(18)10-17(13)19/h6-7,10,12,14-15,20H,3-5,8-9,11H2,1-2H3. The lowest BCUT2D eigenvalue weighted by Crippen LogP contribution is -2.33. The van der Waals surface area contributed by atoms with Crippen LogP contribution in [0, 0.1) is 17.8 Å². The molecule has 20 heavy (non-hydrogen) atoms. The van der Waals surface area contributed by atoms with Crippen LogP contribution in [-0.4, -0.2) is 13.6 Å². The second kappa shape index (κ2) is 7.68. The molecule has 0 aromatic heterocycles. The van der Waals surface area contributed by atoms with Gasteiger partial charge in [0.2, 0.25) is 0 Å². The van der Waals surface area contributed by atoms with Crippen LogP contribution in [0.4, 0.5) is 0 Å². The number of rotatable bonds is 5. The van der Waals surface area contributed by atoms with Gasteiger partial charge in [-0.3, -0.25) is 0 Å². The molecular formula is C17H25Cl2N. The summed E-state index contributed by atoms with van der Waals surface area (Å²) in [4.78, 5) is 0. The van der Waals surface area contributed by atoms with Crippen LogP contribution in [0.2, 0.25) is 10.0 Å². The summed E-state index contributed by atoms with van der Waals surface area (Å²) in [5, 5.41) is 4.90. The van der Waals surface area contributed by atoms with Crippen molar-refractivity contribution >= 4 is 23.2 Å². The summed E-state index contributed by atoms with van der Waals surface area (Å²) >= 11 is 12.3. The molecule has 0 bridgehead atoms. The van der Waals surface area contributed by atoms with Crippen LogP contribution < -0.4 is 5.32 Å². The molecule has 1 fully saturated rings. The molecule has 0 amide bonds. The highest BCUT2D eigenvalue weighted by atomic mass is 35.5. The van der Waals surface area contributed by atoms with Gasteiger partial charge in [0.1, 0.15) is 0 Å². The van der Waals surface area contributed by atoms with Crippen LogP contribution in [-0.2, 0) is 6.42 Å². The van der Waals surface area contributed by atoms with Crippen LogP contribution >= 0.6 is 23.2 Å². The van der Waals surface area contributed by atoms with Crippen molar-refractivity contribution in [3.63, 3.8) is 0 Å². The maximum absolute atomic E-state index is 6.34. The van der Waals surface area contributed by atoms with Gasteiger partial charge in [0.05, 0.1) is 0 Å². The largest absolute Gasteiger partial charge is 0.319 e. The van der Waals surface area contributed by atoms with E-state index < -0.39 is 0 Å². The van der Waals surface area contributed by atoms with Crippen molar-refractivity contribution < 1.29 is 0 Å². The van der Waals surface area contributed by atoms with Crippen molar-refractivity contribution in [2.24, 2.45) is 17.8 Å². The Morgan fingerprint density at radius 3 is 2.65 bits per heavy atom. The van der Waals surface area contributed by atoms with Crippen LogP contribution in [0.3, 0.4) is 0 Å². The molecule has 1 N–H and O–H groups in total. The molecular weight excluding hydrogens is 289 g/mol. The molecule has 1 aromatic carbocycles. The van der Waals surface area contributed by atoms with Crippen molar-refractivity contribution in [1.82, 2.24) is 5.32 Å². The summed E-state index contributed by atoms with van der Waals surface area (Å²) in [6.07, 6.45) is 6.45. The van der Waals surface area contributed by atoms with Crippen LogP contribution in [0.25, 0.3) is 0 Å². The third kappa shape index (κ3) is 4.13. The van der Waals surface area contributed by atoms with Crippen LogP contribution in [0.15, 0.2) is 18.2 Å². The smallest absolute Gasteiger partial charge is 0.0452 e. The molecule has 2 rings (SSSR count). The van der Waals surface area contributed by atoms with Crippen LogP contribution in [0.5, 0.6) is 0 Å². The van der Waals surface area contributed by atoms with Gasteiger partial charge in [0.25, 0.3) is 0 Å². The lowest BCUT2D eigenvalue weighted by atomic mass is 9.71. The fourth-order valence-corrected chi connectivity index (χ4v) is 4.03. The van der Waals surface area contributed by atoms with E-state index in [1.54, 1.807) is 0 Å². The Morgan fingerprint density at radius 2 is 2.00 bits per heavy atom. The maximum Gasteiger partial charge on any atom is 0.0452 e. The Bertz CT molecular complexity index is 433. The summed E-state index contributed by atoms with van der Waals surface area (Å²) in [6, 6.07) is 5.91. The van der Waals surface area contributed by atoms with E-state index in [0.717, 1.165) is 40.8 Å². The second-order valence-corrected chi connectivity index (χ2v) is 6.95. The van der Waals surface area contributed by atoms with Crippen molar-refractivity contribution in [3.8, 4) is 0 Å². The van der Waals surface area contributed by atoms with E-state index in [1.165, 1.54) is 31.2 Å². The predicted molar refractivity (Wildman–Crippen MR) is 88.7 cm³/mol. The number of halogens is 2. The van der Waals surface area contributed by atoms with E-state index in [-0.39, 0.29) is 0 Å². The molecule has 0 spiro atoms. The molecule has 3 heteroatoms. The number of hydrogen-bond donors (Lipinski definition) is 1. The molecule has 1 saturated carbocycles. The Labute approximate surface area is 133 Å². The van der Waals surface area contributed by atoms with Crippen LogP contribution in [0.1, 0.15) is 38.2 Å². The number of nitrogens with one attached hydrogen (secondary N) is 1. The third-order valence-electron chi connectivity index (χ3n) is 4.79. The van der Waals surface area contributed by atoms with E-state index in [4.69, 9.17) is 23.2 Å². The molecule has 1 aromatic rings. The summed E-state index contributed by atoms with van der Waals surface area (Å²) < 4.78 is 0. The zero-order valence-electron chi connectivity index (χ0n) is 12.5. The molecule has 112 valence electrons. The van der Waals surface area contributed by atoms with Gasteiger partial charge in [-0.05, 0) is 68.3 Å². The highest BCUT2D eigenvalue weighted by molar-refractivity contribution is 6.35. The molecule has 0 radical (unpaired) electrons. The van der Waals surface area contributed by atoms with Gasteiger partial charge in [-0.25, -0.2) is 0 Å². The van der Waals surface area contributed by atoms with Crippen molar-refractivity contribution in [3.05, 3.63) is 33.8 Å². The van der Waals surface area contributed by atoms with Gasteiger partial charge in [0, 0.05) is 10.0 Å². The van der Waals surface area contributed by atoms with Gasteiger partial charge < -0.3 is 5.32 Å². The van der Waals surface area contributed by atoms with E-state index in [9.17, 15) is 0 Å². The number of hydrogen-bond acceptors (Lipinski definition) is 1. The zero-order chi connectivity index (χ0) is 14.5. The molecule has 1 aliphatic rings. The monoisotopic (exact) mass is 313 g/mol. The predicted octanol–water partition coefficient (Wildman–Crippen LogP) is 5.20. The first-order valence-corrected chi connectivity index (χ1v) is 8.48. The number of benzene rings is 1. The minimum absolute atomic E-state index is 0.723. The van der Waals surface area contributed by atoms with Gasteiger partial charge in [0.15, 0.2) is 0 Å². The average Bonchev–Trinajstić information content (AvgIpc) is 2.44. The summed E-state index contributed by atoms with van der Waals surface area (Å²) in [5.74, 6) is 2.40. The lowest BCUT2D eigenvalue weighted by molar-refractivity contribution is 0.173. The minimum atomic E-state index is 0.723. The van der Waals surface area contributed by atoms with E-state index in [1.807, 2.05) is 12.1 Å². The third-order valence-corrected chi connectivity index (χ3v) is 5.38. The first-order chi connectivity index (χ1) is 9.63. The van der Waals surface area contributed by atoms with Gasteiger partial charge in [-0.1, -0.05) is 49.0 Å². The highest BCUT2D eigenvalue weighted by Gasteiger charge is 2.29. The Morgan fingerprint density at radius 1 is 1.20 bits per heavy atom. The van der Waals surface area contributed by atoms with E-state index in [2.05, 4.69) is 25.4 Å². The Hall–Kier alpha value is -0.240. The van der Waals surface area contributed by atoms with E-state index >= 15 is 0 Å². The quantitative estimate of drug-likeness (QED) is 0.788. The Balaban J connectivity index is 2.09. The molecule has 0 saturated heterocycles. The first kappa shape index (κ1) is 16.1. The van der Waals surface area contributed by atoms with Crippen molar-refractivity contribution in [1.29, 1.82) is 0 Å². The van der Waals surface area contributed by atoms with E-state index in [0.29, 0.717) is 0 Å². The highest BCUT2D eigenvalue weighted by Crippen LogP contribution is 2.38. The fraction of sp³-hybridized carbons (Fsp3) is 0.647. The van der Waals surface area contributed by atoms with Gasteiger partial charge in [-0.15, -0.1) is 0 Å². The minimum Gasteiger partial charge on any atom is -0.319 e. The maximum atomic E-state index is 6.34. The molecule has 0 heterocycles. The summed E-state index contributed by atoms with van der Waals surface area (Å²) in [7, 11) is 2.05. The lowest BCUT2D eigenvalue weighted by Gasteiger charge is -2.36. The SMILES string of the molecule is CCC1CCC(CNC)C(Cc2ccc(Cl)cc2Cl)C1. The average molecular weight is 314 g/mol.